The third-order valence-corrected chi connectivity index (χ3v) is 1.78. The van der Waals surface area contributed by atoms with Crippen LogP contribution < -0.4 is 5.73 Å². The predicted molar refractivity (Wildman–Crippen MR) is 49.7 cm³/mol. The molecule has 0 saturated carbocycles. The molecule has 13 heavy (non-hydrogen) atoms. The zero-order chi connectivity index (χ0) is 9.68. The number of hydrogen-bond donors (Lipinski definition) is 2. The Hall–Kier alpha value is -1.37. The summed E-state index contributed by atoms with van der Waals surface area (Å²) in [6, 6.07) is 9.37. The van der Waals surface area contributed by atoms with Crippen LogP contribution in [0.2, 0.25) is 0 Å². The number of aliphatic hydroxyl groups excluding tert-OH is 1. The molecular formula is C10H12N2O. The Morgan fingerprint density at radius 2 is 2.31 bits per heavy atom. The molecule has 68 valence electrons. The van der Waals surface area contributed by atoms with Crippen LogP contribution in [-0.4, -0.2) is 11.3 Å². The largest absolute Gasteiger partial charge is 0.379 e. The number of rotatable bonds is 3. The van der Waals surface area contributed by atoms with Crippen LogP contribution >= 0.6 is 0 Å². The van der Waals surface area contributed by atoms with Gasteiger partial charge in [-0.3, -0.25) is 0 Å². The summed E-state index contributed by atoms with van der Waals surface area (Å²) in [5.74, 6) is 0. The summed E-state index contributed by atoms with van der Waals surface area (Å²) in [7, 11) is 0. The molecule has 1 aromatic rings. The standard InChI is InChI=1S/C10H12N2O/c11-7-9-3-1-2-8(6-9)4-5-10(12)13/h1-3,6,10,13H,4-5,12H2/t10-/m0/s1. The van der Waals surface area contributed by atoms with Gasteiger partial charge in [0.05, 0.1) is 11.6 Å². The van der Waals surface area contributed by atoms with Crippen molar-refractivity contribution in [2.75, 3.05) is 0 Å². The third kappa shape index (κ3) is 3.24. The maximum atomic E-state index is 8.85. The normalized spacial score (nSPS) is 12.1. The highest BCUT2D eigenvalue weighted by Crippen LogP contribution is 2.06. The van der Waals surface area contributed by atoms with Gasteiger partial charge in [-0.2, -0.15) is 5.26 Å². The first-order valence-electron chi connectivity index (χ1n) is 4.15. The van der Waals surface area contributed by atoms with Gasteiger partial charge in [0.25, 0.3) is 0 Å². The Morgan fingerprint density at radius 1 is 1.54 bits per heavy atom. The Kier molecular flexibility index (Phi) is 3.44. The zero-order valence-corrected chi connectivity index (χ0v) is 7.27. The van der Waals surface area contributed by atoms with E-state index in [2.05, 4.69) is 6.07 Å². The van der Waals surface area contributed by atoms with Crippen LogP contribution in [0.4, 0.5) is 0 Å². The Balaban J connectivity index is 2.63. The monoisotopic (exact) mass is 176 g/mol. The summed E-state index contributed by atoms with van der Waals surface area (Å²) >= 11 is 0. The van der Waals surface area contributed by atoms with Crippen molar-refractivity contribution in [1.82, 2.24) is 0 Å². The first kappa shape index (κ1) is 9.72. The number of benzene rings is 1. The highest BCUT2D eigenvalue weighted by atomic mass is 16.3. The minimum atomic E-state index is -0.772. The fraction of sp³-hybridized carbons (Fsp3) is 0.300. The zero-order valence-electron chi connectivity index (χ0n) is 7.27. The van der Waals surface area contributed by atoms with E-state index in [1.165, 1.54) is 0 Å². The van der Waals surface area contributed by atoms with Crippen molar-refractivity contribution < 1.29 is 5.11 Å². The van der Waals surface area contributed by atoms with E-state index < -0.39 is 6.23 Å². The Morgan fingerprint density at radius 3 is 2.92 bits per heavy atom. The molecule has 0 saturated heterocycles. The second-order valence-corrected chi connectivity index (χ2v) is 2.92. The fourth-order valence-electron chi connectivity index (χ4n) is 1.11. The van der Waals surface area contributed by atoms with Gasteiger partial charge < -0.3 is 10.8 Å². The first-order chi connectivity index (χ1) is 6.22. The van der Waals surface area contributed by atoms with Gasteiger partial charge in [0.15, 0.2) is 0 Å². The van der Waals surface area contributed by atoms with Gasteiger partial charge >= 0.3 is 0 Å². The predicted octanol–water partition coefficient (Wildman–Crippen LogP) is 0.768. The molecule has 0 aliphatic carbocycles. The molecule has 1 aromatic carbocycles. The summed E-state index contributed by atoms with van der Waals surface area (Å²) in [6.45, 7) is 0. The van der Waals surface area contributed by atoms with E-state index in [4.69, 9.17) is 16.1 Å². The minimum absolute atomic E-state index is 0.523. The van der Waals surface area contributed by atoms with E-state index in [-0.39, 0.29) is 0 Å². The van der Waals surface area contributed by atoms with Crippen LogP contribution in [0, 0.1) is 11.3 Å². The van der Waals surface area contributed by atoms with E-state index in [1.807, 2.05) is 18.2 Å². The minimum Gasteiger partial charge on any atom is -0.379 e. The molecule has 1 rings (SSSR count). The topological polar surface area (TPSA) is 70.0 Å². The molecule has 3 nitrogen and oxygen atoms in total. The summed E-state index contributed by atoms with van der Waals surface area (Å²) < 4.78 is 0. The van der Waals surface area contributed by atoms with E-state index in [9.17, 15) is 0 Å². The second-order valence-electron chi connectivity index (χ2n) is 2.92. The van der Waals surface area contributed by atoms with E-state index in [0.717, 1.165) is 5.56 Å². The third-order valence-electron chi connectivity index (χ3n) is 1.78. The molecule has 0 aliphatic rings. The Labute approximate surface area is 77.4 Å². The van der Waals surface area contributed by atoms with Gasteiger partial charge in [0, 0.05) is 0 Å². The summed E-state index contributed by atoms with van der Waals surface area (Å²) in [6.07, 6.45) is 0.452. The van der Waals surface area contributed by atoms with Crippen molar-refractivity contribution in [3.05, 3.63) is 35.4 Å². The van der Waals surface area contributed by atoms with Gasteiger partial charge in [0.1, 0.15) is 6.23 Å². The van der Waals surface area contributed by atoms with Gasteiger partial charge in [-0.05, 0) is 30.5 Å². The van der Waals surface area contributed by atoms with Crippen LogP contribution in [0.3, 0.4) is 0 Å². The number of nitrogens with zero attached hydrogens (tertiary/aromatic N) is 1. The molecule has 1 atom stereocenters. The van der Waals surface area contributed by atoms with Crippen LogP contribution in [0.1, 0.15) is 17.5 Å². The number of hydrogen-bond acceptors (Lipinski definition) is 3. The molecular weight excluding hydrogens is 164 g/mol. The lowest BCUT2D eigenvalue weighted by atomic mass is 10.1. The van der Waals surface area contributed by atoms with Crippen molar-refractivity contribution >= 4 is 0 Å². The summed E-state index contributed by atoms with van der Waals surface area (Å²) in [4.78, 5) is 0. The fourth-order valence-corrected chi connectivity index (χ4v) is 1.11. The smallest absolute Gasteiger partial charge is 0.102 e. The molecule has 3 N–H and O–H groups in total. The second kappa shape index (κ2) is 4.61. The highest BCUT2D eigenvalue weighted by molar-refractivity contribution is 5.32. The van der Waals surface area contributed by atoms with Crippen molar-refractivity contribution in [1.29, 1.82) is 5.26 Å². The summed E-state index contributed by atoms with van der Waals surface area (Å²) in [5, 5.41) is 17.5. The number of aryl methyl sites for hydroxylation is 1. The number of nitrogens with two attached hydrogens (primary N) is 1. The average molecular weight is 176 g/mol. The molecule has 0 amide bonds. The molecule has 0 fully saturated rings. The lowest BCUT2D eigenvalue weighted by Gasteiger charge is -2.03. The summed E-state index contributed by atoms with van der Waals surface area (Å²) in [5.41, 5.74) is 6.88. The molecule has 0 aromatic heterocycles. The highest BCUT2D eigenvalue weighted by Gasteiger charge is 1.98. The number of nitriles is 1. The van der Waals surface area contributed by atoms with Gasteiger partial charge in [-0.15, -0.1) is 0 Å². The first-order valence-corrected chi connectivity index (χ1v) is 4.15. The van der Waals surface area contributed by atoms with Gasteiger partial charge in [-0.1, -0.05) is 12.1 Å². The Bertz CT molecular complexity index is 315. The maximum Gasteiger partial charge on any atom is 0.102 e. The molecule has 0 heterocycles. The van der Waals surface area contributed by atoms with Crippen LogP contribution in [0.5, 0.6) is 0 Å². The van der Waals surface area contributed by atoms with Crippen molar-refractivity contribution in [3.8, 4) is 6.07 Å². The molecule has 3 heteroatoms. The average Bonchev–Trinajstić information content (AvgIpc) is 2.15. The van der Waals surface area contributed by atoms with Crippen LogP contribution in [0.15, 0.2) is 24.3 Å². The van der Waals surface area contributed by atoms with E-state index in [1.54, 1.807) is 6.07 Å². The molecule has 0 unspecified atom stereocenters. The molecule has 0 bridgehead atoms. The lowest BCUT2D eigenvalue weighted by molar-refractivity contribution is 0.172. The molecule has 0 spiro atoms. The van der Waals surface area contributed by atoms with Gasteiger partial charge in [0.2, 0.25) is 0 Å². The van der Waals surface area contributed by atoms with Crippen molar-refractivity contribution in [2.45, 2.75) is 19.1 Å². The maximum absolute atomic E-state index is 8.85. The van der Waals surface area contributed by atoms with Crippen molar-refractivity contribution in [2.24, 2.45) is 5.73 Å². The van der Waals surface area contributed by atoms with E-state index in [0.29, 0.717) is 18.4 Å². The van der Waals surface area contributed by atoms with E-state index >= 15 is 0 Å². The van der Waals surface area contributed by atoms with Crippen LogP contribution in [-0.2, 0) is 6.42 Å². The SMILES string of the molecule is N#Cc1cccc(CC[C@@H](N)O)c1. The lowest BCUT2D eigenvalue weighted by Crippen LogP contribution is -2.19. The van der Waals surface area contributed by atoms with Crippen LogP contribution in [0.25, 0.3) is 0 Å². The number of aliphatic hydroxyl groups is 1. The van der Waals surface area contributed by atoms with Gasteiger partial charge in [-0.25, -0.2) is 0 Å². The molecule has 0 aliphatic heterocycles. The molecule has 0 radical (unpaired) electrons. The quantitative estimate of drug-likeness (QED) is 0.668. The van der Waals surface area contributed by atoms with Crippen molar-refractivity contribution in [3.63, 3.8) is 0 Å².